The average molecular weight is 557 g/mol. The third-order valence-corrected chi connectivity index (χ3v) is 8.31. The van der Waals surface area contributed by atoms with E-state index in [9.17, 15) is 23.1 Å². The average Bonchev–Trinajstić information content (AvgIpc) is 3.16. The number of sulfonamides is 1. The molecule has 1 amide bonds. The highest BCUT2D eigenvalue weighted by Gasteiger charge is 2.50. The van der Waals surface area contributed by atoms with Gasteiger partial charge in [-0.1, -0.05) is 35.3 Å². The van der Waals surface area contributed by atoms with Crippen LogP contribution in [0.3, 0.4) is 0 Å². The van der Waals surface area contributed by atoms with E-state index in [4.69, 9.17) is 27.9 Å². The van der Waals surface area contributed by atoms with Crippen molar-refractivity contribution in [3.05, 3.63) is 58.1 Å². The van der Waals surface area contributed by atoms with Crippen molar-refractivity contribution >= 4 is 45.1 Å². The van der Waals surface area contributed by atoms with Gasteiger partial charge in [0.15, 0.2) is 0 Å². The van der Waals surface area contributed by atoms with E-state index < -0.39 is 33.5 Å². The molecule has 1 aliphatic heterocycles. The zero-order valence-electron chi connectivity index (χ0n) is 20.5. The van der Waals surface area contributed by atoms with Gasteiger partial charge in [0.1, 0.15) is 22.9 Å². The third-order valence-electron chi connectivity index (χ3n) is 5.88. The molecule has 1 unspecified atom stereocenters. The van der Waals surface area contributed by atoms with Gasteiger partial charge in [-0.25, -0.2) is 13.2 Å². The number of amides is 1. The van der Waals surface area contributed by atoms with Gasteiger partial charge in [0.05, 0.1) is 4.90 Å². The topological polar surface area (TPSA) is 113 Å². The molecule has 2 aromatic rings. The Morgan fingerprint density at radius 1 is 1.14 bits per heavy atom. The second-order valence-electron chi connectivity index (χ2n) is 9.99. The number of nitrogens with zero attached hydrogens (tertiary/aromatic N) is 1. The Balaban J connectivity index is 1.80. The Hall–Kier alpha value is -2.33. The summed E-state index contributed by atoms with van der Waals surface area (Å²) in [6, 6.07) is 9.65. The number of aliphatic carboxylic acids is 1. The molecule has 0 spiro atoms. The molecule has 0 aliphatic carbocycles. The molecule has 1 aliphatic rings. The van der Waals surface area contributed by atoms with Crippen molar-refractivity contribution < 1.29 is 27.9 Å². The van der Waals surface area contributed by atoms with E-state index in [1.807, 2.05) is 20.8 Å². The standard InChI is InChI=1S/C25H30Cl2N2O6S/c1-24(2,3)35-19-8-6-16(7-9-19)12-21(22(30)31)28-23(32)25(4)10-5-11-29(25)36(33,34)20-14-17(26)13-18(27)15-20/h6-9,13-15,21H,5,10-12H2,1-4H3,(H,28,32)(H,30,31)/t21?,25-/m0/s1. The van der Waals surface area contributed by atoms with Crippen molar-refractivity contribution in [2.75, 3.05) is 6.54 Å². The molecule has 36 heavy (non-hydrogen) atoms. The van der Waals surface area contributed by atoms with Gasteiger partial charge in [0.2, 0.25) is 15.9 Å². The lowest BCUT2D eigenvalue weighted by atomic mass is 9.97. The highest BCUT2D eigenvalue weighted by Crippen LogP contribution is 2.36. The number of rotatable bonds is 8. The van der Waals surface area contributed by atoms with Crippen molar-refractivity contribution in [3.63, 3.8) is 0 Å². The number of carbonyl (C=O) groups excluding carboxylic acids is 1. The predicted octanol–water partition coefficient (Wildman–Crippen LogP) is 4.53. The fourth-order valence-electron chi connectivity index (χ4n) is 4.15. The first-order valence-corrected chi connectivity index (χ1v) is 13.6. The molecule has 1 fully saturated rings. The Kier molecular flexibility index (Phi) is 8.30. The molecule has 3 rings (SSSR count). The summed E-state index contributed by atoms with van der Waals surface area (Å²) in [4.78, 5) is 25.2. The van der Waals surface area contributed by atoms with E-state index in [1.54, 1.807) is 24.3 Å². The van der Waals surface area contributed by atoms with Gasteiger partial charge >= 0.3 is 5.97 Å². The number of hydrogen-bond donors (Lipinski definition) is 2. The summed E-state index contributed by atoms with van der Waals surface area (Å²) in [7, 11) is -4.13. The lowest BCUT2D eigenvalue weighted by molar-refractivity contribution is -0.143. The van der Waals surface area contributed by atoms with Crippen molar-refractivity contribution in [3.8, 4) is 5.75 Å². The van der Waals surface area contributed by atoms with Gasteiger partial charge in [-0.15, -0.1) is 0 Å². The SMILES string of the molecule is CC(C)(C)Oc1ccc(CC(NC(=O)[C@]2(C)CCCN2S(=O)(=O)c2cc(Cl)cc(Cl)c2)C(=O)O)cc1. The van der Waals surface area contributed by atoms with E-state index in [2.05, 4.69) is 5.32 Å². The fraction of sp³-hybridized carbons (Fsp3) is 0.440. The number of ether oxygens (including phenoxy) is 1. The van der Waals surface area contributed by atoms with Crippen molar-refractivity contribution in [1.82, 2.24) is 9.62 Å². The van der Waals surface area contributed by atoms with Crippen LogP contribution in [0.5, 0.6) is 5.75 Å². The van der Waals surface area contributed by atoms with Crippen LogP contribution < -0.4 is 10.1 Å². The van der Waals surface area contributed by atoms with Gasteiger partial charge in [0, 0.05) is 23.0 Å². The summed E-state index contributed by atoms with van der Waals surface area (Å²) in [5.41, 5.74) is -1.18. The van der Waals surface area contributed by atoms with Gasteiger partial charge in [-0.3, -0.25) is 4.79 Å². The second kappa shape index (κ2) is 10.6. The number of benzene rings is 2. The molecule has 1 saturated heterocycles. The molecule has 0 bridgehead atoms. The van der Waals surface area contributed by atoms with E-state index in [1.165, 1.54) is 25.1 Å². The number of nitrogens with one attached hydrogen (secondary N) is 1. The first kappa shape index (κ1) is 28.2. The molecule has 0 radical (unpaired) electrons. The van der Waals surface area contributed by atoms with Crippen molar-refractivity contribution in [1.29, 1.82) is 0 Å². The first-order chi connectivity index (χ1) is 16.6. The van der Waals surface area contributed by atoms with Crippen LogP contribution in [0.25, 0.3) is 0 Å². The second-order valence-corrected chi connectivity index (χ2v) is 12.7. The third kappa shape index (κ3) is 6.51. The Labute approximate surface area is 221 Å². The maximum absolute atomic E-state index is 13.4. The minimum atomic E-state index is -4.13. The molecule has 2 atom stereocenters. The van der Waals surface area contributed by atoms with Crippen molar-refractivity contribution in [2.24, 2.45) is 0 Å². The molecule has 0 saturated carbocycles. The first-order valence-electron chi connectivity index (χ1n) is 11.4. The van der Waals surface area contributed by atoms with E-state index in [0.717, 1.165) is 4.31 Å². The summed E-state index contributed by atoms with van der Waals surface area (Å²) < 4.78 is 33.7. The fourth-order valence-corrected chi connectivity index (χ4v) is 6.69. The van der Waals surface area contributed by atoms with E-state index in [0.29, 0.717) is 17.7 Å². The molecule has 8 nitrogen and oxygen atoms in total. The van der Waals surface area contributed by atoms with E-state index >= 15 is 0 Å². The van der Waals surface area contributed by atoms with Crippen LogP contribution in [0.15, 0.2) is 47.4 Å². The van der Waals surface area contributed by atoms with Crippen LogP contribution in [0.4, 0.5) is 0 Å². The molecule has 11 heteroatoms. The zero-order chi connectivity index (χ0) is 26.9. The quantitative estimate of drug-likeness (QED) is 0.494. The highest BCUT2D eigenvalue weighted by atomic mass is 35.5. The Morgan fingerprint density at radius 2 is 1.72 bits per heavy atom. The minimum Gasteiger partial charge on any atom is -0.488 e. The number of halogens is 2. The van der Waals surface area contributed by atoms with Crippen LogP contribution in [0.2, 0.25) is 10.0 Å². The zero-order valence-corrected chi connectivity index (χ0v) is 22.9. The molecule has 2 N–H and O–H groups in total. The van der Waals surface area contributed by atoms with Gasteiger partial charge in [-0.05, 0) is 76.4 Å². The lowest BCUT2D eigenvalue weighted by Crippen LogP contribution is -2.58. The largest absolute Gasteiger partial charge is 0.488 e. The molecule has 196 valence electrons. The smallest absolute Gasteiger partial charge is 0.326 e. The lowest BCUT2D eigenvalue weighted by Gasteiger charge is -2.34. The Bertz CT molecular complexity index is 1220. The number of carboxylic acid groups (broad SMARTS) is 1. The van der Waals surface area contributed by atoms with Crippen molar-refractivity contribution in [2.45, 2.75) is 69.0 Å². The molecule has 2 aromatic carbocycles. The monoisotopic (exact) mass is 556 g/mol. The predicted molar refractivity (Wildman–Crippen MR) is 138 cm³/mol. The van der Waals surface area contributed by atoms with Crippen LogP contribution in [0, 0.1) is 0 Å². The molecular formula is C25H30Cl2N2O6S. The summed E-state index contributed by atoms with van der Waals surface area (Å²) in [6.07, 6.45) is 0.686. The molecule has 1 heterocycles. The van der Waals surface area contributed by atoms with Gasteiger partial charge in [-0.2, -0.15) is 4.31 Å². The van der Waals surface area contributed by atoms with Crippen LogP contribution in [-0.4, -0.2) is 53.4 Å². The minimum absolute atomic E-state index is 0.0175. The van der Waals surface area contributed by atoms with E-state index in [-0.39, 0.29) is 39.9 Å². The summed E-state index contributed by atoms with van der Waals surface area (Å²) in [5.74, 6) is -1.27. The van der Waals surface area contributed by atoms with Gasteiger partial charge in [0.25, 0.3) is 0 Å². The molecule has 0 aromatic heterocycles. The maximum Gasteiger partial charge on any atom is 0.326 e. The number of carbonyl (C=O) groups is 2. The number of hydrogen-bond acceptors (Lipinski definition) is 5. The van der Waals surface area contributed by atoms with Gasteiger partial charge < -0.3 is 15.2 Å². The molecular weight excluding hydrogens is 527 g/mol. The van der Waals surface area contributed by atoms with Crippen LogP contribution >= 0.6 is 23.2 Å². The summed E-state index contributed by atoms with van der Waals surface area (Å²) >= 11 is 12.0. The normalized spacial score (nSPS) is 19.6. The summed E-state index contributed by atoms with van der Waals surface area (Å²) in [5, 5.41) is 12.6. The summed E-state index contributed by atoms with van der Waals surface area (Å²) in [6.45, 7) is 7.36. The Morgan fingerprint density at radius 3 is 2.25 bits per heavy atom. The number of carboxylic acids is 1. The van der Waals surface area contributed by atoms with Crippen LogP contribution in [-0.2, 0) is 26.0 Å². The highest BCUT2D eigenvalue weighted by molar-refractivity contribution is 7.89. The maximum atomic E-state index is 13.4. The van der Waals surface area contributed by atoms with Crippen LogP contribution in [0.1, 0.15) is 46.1 Å².